The Morgan fingerprint density at radius 2 is 1.76 bits per heavy atom. The highest BCUT2D eigenvalue weighted by molar-refractivity contribution is 5.19. The Hall–Kier alpha value is -1.03. The maximum atomic E-state index is 12.8. The van der Waals surface area contributed by atoms with Crippen LogP contribution in [0.2, 0.25) is 0 Å². The fourth-order valence-corrected chi connectivity index (χ4v) is 2.48. The van der Waals surface area contributed by atoms with Crippen LogP contribution < -0.4 is 5.32 Å². The van der Waals surface area contributed by atoms with Crippen LogP contribution in [0.3, 0.4) is 0 Å². The van der Waals surface area contributed by atoms with Crippen molar-refractivity contribution in [2.24, 2.45) is 5.92 Å². The lowest BCUT2D eigenvalue weighted by atomic mass is 9.97. The summed E-state index contributed by atoms with van der Waals surface area (Å²) in [4.78, 5) is 0. The molecule has 0 aromatic heterocycles. The van der Waals surface area contributed by atoms with Crippen LogP contribution >= 0.6 is 0 Å². The van der Waals surface area contributed by atoms with E-state index in [-0.39, 0.29) is 0 Å². The van der Waals surface area contributed by atoms with Gasteiger partial charge in [0.1, 0.15) is 0 Å². The van der Waals surface area contributed by atoms with Crippen LogP contribution in [-0.2, 0) is 0 Å². The van der Waals surface area contributed by atoms with Gasteiger partial charge in [-0.15, -0.1) is 0 Å². The van der Waals surface area contributed by atoms with E-state index in [4.69, 9.17) is 0 Å². The number of halogens is 3. The van der Waals surface area contributed by atoms with Crippen molar-refractivity contribution >= 4 is 0 Å². The van der Waals surface area contributed by atoms with E-state index in [0.717, 1.165) is 25.7 Å². The molecule has 0 radical (unpaired) electrons. The van der Waals surface area contributed by atoms with Crippen molar-refractivity contribution in [2.45, 2.75) is 58.2 Å². The molecule has 0 bridgehead atoms. The molecule has 0 saturated carbocycles. The van der Waals surface area contributed by atoms with Gasteiger partial charge in [-0.1, -0.05) is 63.4 Å². The first-order valence-electron chi connectivity index (χ1n) is 7.81. The van der Waals surface area contributed by atoms with Gasteiger partial charge in [0, 0.05) is 6.04 Å². The molecule has 1 N–H and O–H groups in total. The molecule has 0 aliphatic rings. The van der Waals surface area contributed by atoms with Crippen molar-refractivity contribution in [1.29, 1.82) is 0 Å². The predicted octanol–water partition coefficient (Wildman–Crippen LogP) is 5.49. The summed E-state index contributed by atoms with van der Waals surface area (Å²) in [5, 5.41) is 3.13. The zero-order chi connectivity index (χ0) is 15.7. The second-order valence-corrected chi connectivity index (χ2v) is 5.61. The van der Waals surface area contributed by atoms with E-state index in [1.165, 1.54) is 0 Å². The average molecular weight is 301 g/mol. The van der Waals surface area contributed by atoms with Crippen LogP contribution in [0.5, 0.6) is 0 Å². The molecule has 0 aliphatic heterocycles. The Morgan fingerprint density at radius 3 is 2.29 bits per heavy atom. The first-order chi connectivity index (χ1) is 9.96. The van der Waals surface area contributed by atoms with Crippen molar-refractivity contribution in [3.63, 3.8) is 0 Å². The topological polar surface area (TPSA) is 12.0 Å². The quantitative estimate of drug-likeness (QED) is 0.636. The van der Waals surface area contributed by atoms with Crippen LogP contribution in [0.4, 0.5) is 13.2 Å². The minimum Gasteiger partial charge on any atom is -0.309 e. The van der Waals surface area contributed by atoms with Gasteiger partial charge in [0.2, 0.25) is 0 Å². The van der Waals surface area contributed by atoms with Crippen LogP contribution in [0, 0.1) is 5.92 Å². The number of unbranched alkanes of at least 4 members (excludes halogenated alkanes) is 1. The Balaban J connectivity index is 2.65. The molecule has 1 aromatic rings. The molecule has 0 heterocycles. The monoisotopic (exact) mass is 301 g/mol. The maximum absolute atomic E-state index is 12.8. The minimum absolute atomic E-state index is 0.449. The van der Waals surface area contributed by atoms with Crippen molar-refractivity contribution in [3.05, 3.63) is 35.9 Å². The molecule has 2 unspecified atom stereocenters. The molecule has 120 valence electrons. The summed E-state index contributed by atoms with van der Waals surface area (Å²) < 4.78 is 38.3. The van der Waals surface area contributed by atoms with E-state index in [2.05, 4.69) is 19.2 Å². The lowest BCUT2D eigenvalue weighted by Crippen LogP contribution is -2.30. The molecule has 21 heavy (non-hydrogen) atoms. The average Bonchev–Trinajstić information content (AvgIpc) is 2.46. The molecule has 0 fully saturated rings. The molecular formula is C17H26F3N. The molecule has 4 heteroatoms. The standard InChI is InChI=1S/C17H26F3N/c1-3-5-9-14(4-2)13-21-16(12-17(18,19)20)15-10-7-6-8-11-15/h6-8,10-11,14,16,21H,3-5,9,12-13H2,1-2H3. The van der Waals surface area contributed by atoms with Crippen LogP contribution in [0.15, 0.2) is 30.3 Å². The highest BCUT2D eigenvalue weighted by Gasteiger charge is 2.32. The van der Waals surface area contributed by atoms with Crippen molar-refractivity contribution in [1.82, 2.24) is 5.32 Å². The molecule has 1 rings (SSSR count). The van der Waals surface area contributed by atoms with E-state index < -0.39 is 18.6 Å². The van der Waals surface area contributed by atoms with E-state index in [1.807, 2.05) is 6.07 Å². The summed E-state index contributed by atoms with van der Waals surface area (Å²) in [7, 11) is 0. The zero-order valence-corrected chi connectivity index (χ0v) is 12.9. The molecule has 1 nitrogen and oxygen atoms in total. The summed E-state index contributed by atoms with van der Waals surface area (Å²) in [6, 6.07) is 8.27. The largest absolute Gasteiger partial charge is 0.390 e. The molecule has 0 aliphatic carbocycles. The second kappa shape index (κ2) is 9.08. The van der Waals surface area contributed by atoms with Gasteiger partial charge in [-0.3, -0.25) is 0 Å². The number of alkyl halides is 3. The summed E-state index contributed by atoms with van der Waals surface area (Å²) in [5.41, 5.74) is 0.708. The van der Waals surface area contributed by atoms with Gasteiger partial charge in [-0.25, -0.2) is 0 Å². The summed E-state index contributed by atoms with van der Waals surface area (Å²) >= 11 is 0. The summed E-state index contributed by atoms with van der Waals surface area (Å²) in [6.07, 6.45) is -0.634. The third kappa shape index (κ3) is 7.51. The van der Waals surface area contributed by atoms with Gasteiger partial charge < -0.3 is 5.32 Å². The van der Waals surface area contributed by atoms with Gasteiger partial charge in [0.05, 0.1) is 6.42 Å². The third-order valence-electron chi connectivity index (χ3n) is 3.83. The first-order valence-corrected chi connectivity index (χ1v) is 7.81. The number of benzene rings is 1. The fraction of sp³-hybridized carbons (Fsp3) is 0.647. The normalized spacial score (nSPS) is 14.9. The van der Waals surface area contributed by atoms with Gasteiger partial charge in [0.15, 0.2) is 0 Å². The maximum Gasteiger partial charge on any atom is 0.390 e. The first kappa shape index (κ1) is 18.0. The van der Waals surface area contributed by atoms with E-state index in [0.29, 0.717) is 18.0 Å². The number of hydrogen-bond acceptors (Lipinski definition) is 1. The molecule has 0 spiro atoms. The SMILES string of the molecule is CCCCC(CC)CNC(CC(F)(F)F)c1ccccc1. The van der Waals surface area contributed by atoms with Gasteiger partial charge in [-0.05, 0) is 24.4 Å². The molecular weight excluding hydrogens is 275 g/mol. The fourth-order valence-electron chi connectivity index (χ4n) is 2.48. The van der Waals surface area contributed by atoms with Crippen LogP contribution in [-0.4, -0.2) is 12.7 Å². The van der Waals surface area contributed by atoms with Gasteiger partial charge in [0.25, 0.3) is 0 Å². The van der Waals surface area contributed by atoms with Gasteiger partial charge >= 0.3 is 6.18 Å². The second-order valence-electron chi connectivity index (χ2n) is 5.61. The zero-order valence-electron chi connectivity index (χ0n) is 12.9. The molecule has 2 atom stereocenters. The Morgan fingerprint density at radius 1 is 1.10 bits per heavy atom. The third-order valence-corrected chi connectivity index (χ3v) is 3.83. The summed E-state index contributed by atoms with van der Waals surface area (Å²) in [5.74, 6) is 0.449. The van der Waals surface area contributed by atoms with Gasteiger partial charge in [-0.2, -0.15) is 13.2 Å². The molecule has 1 aromatic carbocycles. The number of hydrogen-bond donors (Lipinski definition) is 1. The Bertz CT molecular complexity index is 375. The number of nitrogens with one attached hydrogen (secondary N) is 1. The minimum atomic E-state index is -4.15. The highest BCUT2D eigenvalue weighted by Crippen LogP contribution is 2.29. The van der Waals surface area contributed by atoms with Crippen LogP contribution in [0.25, 0.3) is 0 Å². The van der Waals surface area contributed by atoms with E-state index >= 15 is 0 Å². The lowest BCUT2D eigenvalue weighted by Gasteiger charge is -2.24. The van der Waals surface area contributed by atoms with Crippen LogP contribution in [0.1, 0.15) is 57.6 Å². The van der Waals surface area contributed by atoms with E-state index in [1.54, 1.807) is 24.3 Å². The molecule has 0 saturated heterocycles. The smallest absolute Gasteiger partial charge is 0.309 e. The predicted molar refractivity (Wildman–Crippen MR) is 81.2 cm³/mol. The van der Waals surface area contributed by atoms with Crippen molar-refractivity contribution in [3.8, 4) is 0 Å². The van der Waals surface area contributed by atoms with Crippen molar-refractivity contribution < 1.29 is 13.2 Å². The van der Waals surface area contributed by atoms with Crippen molar-refractivity contribution in [2.75, 3.05) is 6.54 Å². The number of rotatable bonds is 9. The Labute approximate surface area is 125 Å². The highest BCUT2D eigenvalue weighted by atomic mass is 19.4. The molecule has 0 amide bonds. The lowest BCUT2D eigenvalue weighted by molar-refractivity contribution is -0.140. The summed E-state index contributed by atoms with van der Waals surface area (Å²) in [6.45, 7) is 4.88. The Kier molecular flexibility index (Phi) is 7.79. The van der Waals surface area contributed by atoms with E-state index in [9.17, 15) is 13.2 Å².